The number of hydrogen-bond acceptors (Lipinski definition) is 2. The molecule has 1 atom stereocenters. The van der Waals surface area contributed by atoms with Crippen LogP contribution in [-0.4, -0.2) is 48.6 Å². The molecule has 2 amide bonds. The van der Waals surface area contributed by atoms with Gasteiger partial charge in [0.1, 0.15) is 0 Å². The van der Waals surface area contributed by atoms with Gasteiger partial charge in [0, 0.05) is 30.9 Å². The number of nitrogens with one attached hydrogen (secondary N) is 1. The van der Waals surface area contributed by atoms with Crippen LogP contribution in [0.15, 0.2) is 12.1 Å². The maximum absolute atomic E-state index is 13.6. The van der Waals surface area contributed by atoms with E-state index in [1.54, 1.807) is 4.90 Å². The van der Waals surface area contributed by atoms with Crippen LogP contribution in [0.25, 0.3) is 0 Å². The van der Waals surface area contributed by atoms with Gasteiger partial charge in [0.15, 0.2) is 11.6 Å². The molecule has 1 N–H and O–H groups in total. The summed E-state index contributed by atoms with van der Waals surface area (Å²) in [4.78, 5) is 16.6. The van der Waals surface area contributed by atoms with Gasteiger partial charge in [-0.1, -0.05) is 0 Å². The van der Waals surface area contributed by atoms with Crippen LogP contribution in [0.5, 0.6) is 0 Å². The number of benzene rings is 1. The topological polar surface area (TPSA) is 35.6 Å². The molecule has 6 heteroatoms. The zero-order valence-corrected chi connectivity index (χ0v) is 13.4. The Morgan fingerprint density at radius 1 is 1.26 bits per heavy atom. The summed E-state index contributed by atoms with van der Waals surface area (Å²) in [5.74, 6) is -1.30. The highest BCUT2D eigenvalue weighted by Crippen LogP contribution is 2.23. The average Bonchev–Trinajstić information content (AvgIpc) is 3.20. The molecule has 0 bridgehead atoms. The molecule has 0 aromatic heterocycles. The highest BCUT2D eigenvalue weighted by Gasteiger charge is 2.28. The Bertz CT molecular complexity index is 587. The van der Waals surface area contributed by atoms with Gasteiger partial charge in [-0.2, -0.15) is 0 Å². The minimum Gasteiger partial charge on any atom is -0.324 e. The molecular formula is C17H23F2N3O. The van der Waals surface area contributed by atoms with Crippen molar-refractivity contribution in [1.82, 2.24) is 9.80 Å². The number of amides is 2. The van der Waals surface area contributed by atoms with Crippen molar-refractivity contribution in [3.05, 3.63) is 29.3 Å². The number of anilines is 1. The number of carbonyl (C=O) groups is 1. The van der Waals surface area contributed by atoms with Crippen LogP contribution in [0.2, 0.25) is 0 Å². The van der Waals surface area contributed by atoms with E-state index in [-0.39, 0.29) is 11.6 Å². The maximum Gasteiger partial charge on any atom is 0.321 e. The average molecular weight is 323 g/mol. The quantitative estimate of drug-likeness (QED) is 0.927. The molecule has 0 aliphatic carbocycles. The van der Waals surface area contributed by atoms with Gasteiger partial charge in [-0.25, -0.2) is 13.6 Å². The van der Waals surface area contributed by atoms with E-state index < -0.39 is 11.6 Å². The molecule has 1 unspecified atom stereocenters. The van der Waals surface area contributed by atoms with Crippen molar-refractivity contribution < 1.29 is 13.6 Å². The summed E-state index contributed by atoms with van der Waals surface area (Å²) < 4.78 is 26.7. The molecule has 0 saturated carbocycles. The van der Waals surface area contributed by atoms with Crippen LogP contribution in [-0.2, 0) is 0 Å². The second-order valence-electron chi connectivity index (χ2n) is 6.57. The summed E-state index contributed by atoms with van der Waals surface area (Å²) in [7, 11) is 0. The van der Waals surface area contributed by atoms with Crippen LogP contribution < -0.4 is 5.32 Å². The van der Waals surface area contributed by atoms with Crippen LogP contribution in [0.1, 0.15) is 24.8 Å². The van der Waals surface area contributed by atoms with Crippen molar-refractivity contribution in [1.29, 1.82) is 0 Å². The molecule has 4 nitrogen and oxygen atoms in total. The van der Waals surface area contributed by atoms with E-state index in [0.29, 0.717) is 18.2 Å². The highest BCUT2D eigenvalue weighted by atomic mass is 19.2. The molecule has 2 saturated heterocycles. The normalized spacial score (nSPS) is 21.9. The molecule has 2 fully saturated rings. The fourth-order valence-electron chi connectivity index (χ4n) is 3.48. The predicted molar refractivity (Wildman–Crippen MR) is 85.5 cm³/mol. The van der Waals surface area contributed by atoms with Crippen LogP contribution in [0, 0.1) is 24.5 Å². The number of hydrogen-bond donors (Lipinski definition) is 1. The second kappa shape index (κ2) is 6.83. The van der Waals surface area contributed by atoms with Gasteiger partial charge in [-0.05, 0) is 57.3 Å². The van der Waals surface area contributed by atoms with Gasteiger partial charge in [-0.3, -0.25) is 0 Å². The molecule has 3 rings (SSSR count). The van der Waals surface area contributed by atoms with Gasteiger partial charge in [0.25, 0.3) is 0 Å². The molecule has 2 heterocycles. The van der Waals surface area contributed by atoms with Crippen LogP contribution in [0.4, 0.5) is 19.3 Å². The molecule has 1 aromatic rings. The van der Waals surface area contributed by atoms with Crippen molar-refractivity contribution in [2.75, 3.05) is 38.0 Å². The maximum atomic E-state index is 13.6. The van der Waals surface area contributed by atoms with Crippen molar-refractivity contribution in [2.24, 2.45) is 5.92 Å². The summed E-state index contributed by atoms with van der Waals surface area (Å²) in [6.45, 7) is 6.29. The number of halogens is 2. The molecule has 0 radical (unpaired) electrons. The monoisotopic (exact) mass is 323 g/mol. The largest absolute Gasteiger partial charge is 0.324 e. The Morgan fingerprint density at radius 2 is 2.00 bits per heavy atom. The lowest BCUT2D eigenvalue weighted by Crippen LogP contribution is -2.35. The summed E-state index contributed by atoms with van der Waals surface area (Å²) in [5, 5.41) is 2.70. The molecule has 2 aliphatic rings. The number of carbonyl (C=O) groups excluding carboxylic acids is 1. The summed E-state index contributed by atoms with van der Waals surface area (Å²) >= 11 is 0. The highest BCUT2D eigenvalue weighted by molar-refractivity contribution is 5.90. The van der Waals surface area contributed by atoms with E-state index in [1.807, 2.05) is 0 Å². The minimum absolute atomic E-state index is 0.131. The van der Waals surface area contributed by atoms with Crippen LogP contribution >= 0.6 is 0 Å². The van der Waals surface area contributed by atoms with E-state index in [0.717, 1.165) is 38.7 Å². The van der Waals surface area contributed by atoms with Gasteiger partial charge in [0.05, 0.1) is 0 Å². The first kappa shape index (κ1) is 16.2. The molecule has 2 aliphatic heterocycles. The van der Waals surface area contributed by atoms with Crippen LogP contribution in [0.3, 0.4) is 0 Å². The fraction of sp³-hybridized carbons (Fsp3) is 0.588. The van der Waals surface area contributed by atoms with Gasteiger partial charge in [-0.15, -0.1) is 0 Å². The first-order valence-corrected chi connectivity index (χ1v) is 8.27. The third-order valence-corrected chi connectivity index (χ3v) is 4.87. The Balaban J connectivity index is 1.56. The van der Waals surface area contributed by atoms with Gasteiger partial charge < -0.3 is 15.1 Å². The zero-order chi connectivity index (χ0) is 16.4. The molecule has 23 heavy (non-hydrogen) atoms. The summed E-state index contributed by atoms with van der Waals surface area (Å²) in [5.41, 5.74) is 0.461. The smallest absolute Gasteiger partial charge is 0.321 e. The third kappa shape index (κ3) is 3.63. The lowest BCUT2D eigenvalue weighted by molar-refractivity contribution is 0.217. The molecule has 126 valence electrons. The third-order valence-electron chi connectivity index (χ3n) is 4.87. The molecular weight excluding hydrogens is 300 g/mol. The van der Waals surface area contributed by atoms with E-state index in [4.69, 9.17) is 0 Å². The number of rotatable bonds is 3. The van der Waals surface area contributed by atoms with Gasteiger partial charge in [0.2, 0.25) is 0 Å². The number of likely N-dealkylation sites (tertiary alicyclic amines) is 2. The van der Waals surface area contributed by atoms with Crippen molar-refractivity contribution in [2.45, 2.75) is 26.2 Å². The zero-order valence-electron chi connectivity index (χ0n) is 13.4. The fourth-order valence-corrected chi connectivity index (χ4v) is 3.48. The van der Waals surface area contributed by atoms with Crippen molar-refractivity contribution in [3.63, 3.8) is 0 Å². The van der Waals surface area contributed by atoms with E-state index in [1.165, 1.54) is 25.8 Å². The standard InChI is InChI=1S/C17H23F2N3O/c1-12-15(5-4-14(18)16(12)19)20-17(23)22-9-6-13(11-22)10-21-7-2-3-8-21/h4-5,13H,2-3,6-11H2,1H3,(H,20,23). The summed E-state index contributed by atoms with van der Waals surface area (Å²) in [6.07, 6.45) is 3.54. The number of nitrogens with zero attached hydrogens (tertiary/aromatic N) is 2. The number of urea groups is 1. The Labute approximate surface area is 135 Å². The summed E-state index contributed by atoms with van der Waals surface area (Å²) in [6, 6.07) is 2.21. The molecule has 0 spiro atoms. The van der Waals surface area contributed by atoms with Crippen molar-refractivity contribution >= 4 is 11.7 Å². The van der Waals surface area contributed by atoms with E-state index >= 15 is 0 Å². The second-order valence-corrected chi connectivity index (χ2v) is 6.57. The molecule has 1 aromatic carbocycles. The van der Waals surface area contributed by atoms with Crippen molar-refractivity contribution in [3.8, 4) is 0 Å². The first-order chi connectivity index (χ1) is 11.0. The lowest BCUT2D eigenvalue weighted by Gasteiger charge is -2.21. The Kier molecular flexibility index (Phi) is 4.80. The minimum atomic E-state index is -0.906. The van der Waals surface area contributed by atoms with E-state index in [2.05, 4.69) is 10.2 Å². The first-order valence-electron chi connectivity index (χ1n) is 8.27. The predicted octanol–water partition coefficient (Wildman–Crippen LogP) is 3.22. The lowest BCUT2D eigenvalue weighted by atomic mass is 10.1. The Hall–Kier alpha value is -1.69. The Morgan fingerprint density at radius 3 is 2.74 bits per heavy atom. The SMILES string of the molecule is Cc1c(NC(=O)N2CCC(CN3CCCC3)C2)ccc(F)c1F. The van der Waals surface area contributed by atoms with E-state index in [9.17, 15) is 13.6 Å². The van der Waals surface area contributed by atoms with Gasteiger partial charge >= 0.3 is 6.03 Å².